The Morgan fingerprint density at radius 3 is 1.76 bits per heavy atom. The Morgan fingerprint density at radius 1 is 0.788 bits per heavy atom. The summed E-state index contributed by atoms with van der Waals surface area (Å²) in [6.07, 6.45) is 0.211. The molecule has 3 aromatic rings. The predicted octanol–water partition coefficient (Wildman–Crippen LogP) is 4.85. The van der Waals surface area contributed by atoms with Gasteiger partial charge in [-0.1, -0.05) is 91.0 Å². The van der Waals surface area contributed by atoms with E-state index in [9.17, 15) is 14.7 Å². The molecule has 2 N–H and O–H groups in total. The SMILES string of the molecule is O=C(N[C@@H](CCCN(Cc1ccccc1)Cc1ccccc1)C(=O)O)OCc1ccccc1. The van der Waals surface area contributed by atoms with E-state index in [0.29, 0.717) is 19.4 Å². The van der Waals surface area contributed by atoms with Crippen molar-refractivity contribution in [2.75, 3.05) is 6.54 Å². The van der Waals surface area contributed by atoms with Crippen LogP contribution in [0.3, 0.4) is 0 Å². The van der Waals surface area contributed by atoms with Crippen LogP contribution in [-0.4, -0.2) is 34.7 Å². The Kier molecular flexibility index (Phi) is 9.48. The van der Waals surface area contributed by atoms with Crippen LogP contribution in [0.5, 0.6) is 0 Å². The zero-order chi connectivity index (χ0) is 23.3. The monoisotopic (exact) mass is 446 g/mol. The summed E-state index contributed by atoms with van der Waals surface area (Å²) in [5, 5.41) is 12.0. The molecule has 6 nitrogen and oxygen atoms in total. The summed E-state index contributed by atoms with van der Waals surface area (Å²) in [6, 6.07) is 28.7. The lowest BCUT2D eigenvalue weighted by Gasteiger charge is -2.23. The zero-order valence-electron chi connectivity index (χ0n) is 18.6. The molecule has 0 saturated heterocycles. The first-order chi connectivity index (χ1) is 16.1. The maximum atomic E-state index is 12.1. The number of rotatable bonds is 12. The van der Waals surface area contributed by atoms with Crippen LogP contribution in [0.1, 0.15) is 29.5 Å². The van der Waals surface area contributed by atoms with Crippen molar-refractivity contribution in [3.63, 3.8) is 0 Å². The number of hydrogen-bond donors (Lipinski definition) is 2. The van der Waals surface area contributed by atoms with Gasteiger partial charge in [0.1, 0.15) is 12.6 Å². The average Bonchev–Trinajstić information content (AvgIpc) is 2.84. The minimum Gasteiger partial charge on any atom is -0.480 e. The molecular formula is C27H30N2O4. The second-order valence-corrected chi connectivity index (χ2v) is 7.92. The van der Waals surface area contributed by atoms with Gasteiger partial charge in [0.2, 0.25) is 0 Å². The van der Waals surface area contributed by atoms with Crippen LogP contribution in [-0.2, 0) is 29.2 Å². The van der Waals surface area contributed by atoms with Crippen LogP contribution < -0.4 is 5.32 Å². The standard InChI is InChI=1S/C27H30N2O4/c30-26(31)25(28-27(32)33-21-24-15-8-3-9-16-24)17-10-18-29(19-22-11-4-1-5-12-22)20-23-13-6-2-7-14-23/h1-9,11-16,25H,10,17-21H2,(H,28,32)(H,30,31)/t25-/m0/s1. The molecule has 0 aliphatic carbocycles. The lowest BCUT2D eigenvalue weighted by atomic mass is 10.1. The number of benzene rings is 3. The van der Waals surface area contributed by atoms with E-state index in [1.807, 2.05) is 66.7 Å². The third-order valence-electron chi connectivity index (χ3n) is 5.27. The van der Waals surface area contributed by atoms with Gasteiger partial charge in [-0.05, 0) is 36.1 Å². The second-order valence-electron chi connectivity index (χ2n) is 7.92. The Balaban J connectivity index is 1.51. The Hall–Kier alpha value is -3.64. The van der Waals surface area contributed by atoms with E-state index in [4.69, 9.17) is 4.74 Å². The molecule has 0 unspecified atom stereocenters. The molecule has 3 rings (SSSR count). The Labute approximate surface area is 194 Å². The fourth-order valence-electron chi connectivity index (χ4n) is 3.58. The van der Waals surface area contributed by atoms with E-state index in [1.165, 1.54) is 11.1 Å². The molecule has 0 aromatic heterocycles. The van der Waals surface area contributed by atoms with E-state index in [1.54, 1.807) is 0 Å². The smallest absolute Gasteiger partial charge is 0.408 e. The number of aliphatic carboxylic acids is 1. The molecule has 0 spiro atoms. The molecule has 0 heterocycles. The molecular weight excluding hydrogens is 416 g/mol. The third kappa shape index (κ3) is 8.79. The van der Waals surface area contributed by atoms with Gasteiger partial charge < -0.3 is 15.2 Å². The maximum Gasteiger partial charge on any atom is 0.408 e. The summed E-state index contributed by atoms with van der Waals surface area (Å²) in [5.74, 6) is -1.07. The largest absolute Gasteiger partial charge is 0.480 e. The molecule has 3 aromatic carbocycles. The molecule has 33 heavy (non-hydrogen) atoms. The number of carboxylic acid groups (broad SMARTS) is 1. The van der Waals surface area contributed by atoms with Gasteiger partial charge in [-0.2, -0.15) is 0 Å². The summed E-state index contributed by atoms with van der Waals surface area (Å²) in [4.78, 5) is 26.1. The number of ether oxygens (including phenoxy) is 1. The topological polar surface area (TPSA) is 78.9 Å². The molecule has 0 fully saturated rings. The van der Waals surface area contributed by atoms with Crippen LogP contribution in [0.2, 0.25) is 0 Å². The van der Waals surface area contributed by atoms with Crippen LogP contribution >= 0.6 is 0 Å². The number of hydrogen-bond acceptors (Lipinski definition) is 4. The number of nitrogens with zero attached hydrogens (tertiary/aromatic N) is 1. The summed E-state index contributed by atoms with van der Waals surface area (Å²) in [7, 11) is 0. The summed E-state index contributed by atoms with van der Waals surface area (Å²) < 4.78 is 5.17. The Morgan fingerprint density at radius 2 is 1.27 bits per heavy atom. The molecule has 0 aliphatic rings. The van der Waals surface area contributed by atoms with Gasteiger partial charge in [0.15, 0.2) is 0 Å². The molecule has 0 bridgehead atoms. The minimum atomic E-state index is -1.07. The van der Waals surface area contributed by atoms with Crippen molar-refractivity contribution in [2.45, 2.75) is 38.6 Å². The lowest BCUT2D eigenvalue weighted by Crippen LogP contribution is -2.41. The highest BCUT2D eigenvalue weighted by Crippen LogP contribution is 2.12. The van der Waals surface area contributed by atoms with Crippen molar-refractivity contribution in [2.24, 2.45) is 0 Å². The van der Waals surface area contributed by atoms with Gasteiger partial charge in [0.25, 0.3) is 0 Å². The first kappa shape index (κ1) is 24.0. The van der Waals surface area contributed by atoms with Gasteiger partial charge in [0, 0.05) is 13.1 Å². The number of alkyl carbamates (subject to hydrolysis) is 1. The highest BCUT2D eigenvalue weighted by molar-refractivity contribution is 5.79. The van der Waals surface area contributed by atoms with Crippen molar-refractivity contribution in [3.8, 4) is 0 Å². The van der Waals surface area contributed by atoms with Crippen molar-refractivity contribution in [1.82, 2.24) is 10.2 Å². The van der Waals surface area contributed by atoms with E-state index in [2.05, 4.69) is 34.5 Å². The minimum absolute atomic E-state index is 0.0982. The number of carboxylic acids is 1. The number of carbonyl (C=O) groups is 2. The van der Waals surface area contributed by atoms with Crippen molar-refractivity contribution < 1.29 is 19.4 Å². The molecule has 0 saturated carbocycles. The first-order valence-electron chi connectivity index (χ1n) is 11.1. The highest BCUT2D eigenvalue weighted by Gasteiger charge is 2.21. The van der Waals surface area contributed by atoms with Crippen LogP contribution in [0, 0.1) is 0 Å². The molecule has 172 valence electrons. The molecule has 0 radical (unpaired) electrons. The van der Waals surface area contributed by atoms with Gasteiger partial charge in [-0.15, -0.1) is 0 Å². The van der Waals surface area contributed by atoms with Gasteiger partial charge >= 0.3 is 12.1 Å². The first-order valence-corrected chi connectivity index (χ1v) is 11.1. The van der Waals surface area contributed by atoms with E-state index < -0.39 is 18.1 Å². The quantitative estimate of drug-likeness (QED) is 0.416. The van der Waals surface area contributed by atoms with Crippen molar-refractivity contribution in [3.05, 3.63) is 108 Å². The van der Waals surface area contributed by atoms with Gasteiger partial charge in [0.05, 0.1) is 0 Å². The summed E-state index contributed by atoms with van der Waals surface area (Å²) >= 11 is 0. The molecule has 6 heteroatoms. The summed E-state index contributed by atoms with van der Waals surface area (Å²) in [6.45, 7) is 2.33. The van der Waals surface area contributed by atoms with Crippen molar-refractivity contribution >= 4 is 12.1 Å². The zero-order valence-corrected chi connectivity index (χ0v) is 18.6. The van der Waals surface area contributed by atoms with E-state index in [0.717, 1.165) is 18.7 Å². The average molecular weight is 447 g/mol. The maximum absolute atomic E-state index is 12.1. The predicted molar refractivity (Wildman–Crippen MR) is 127 cm³/mol. The van der Waals surface area contributed by atoms with Gasteiger partial charge in [-0.3, -0.25) is 4.90 Å². The lowest BCUT2D eigenvalue weighted by molar-refractivity contribution is -0.139. The normalized spacial score (nSPS) is 11.7. The fourth-order valence-corrected chi connectivity index (χ4v) is 3.58. The number of nitrogens with one attached hydrogen (secondary N) is 1. The van der Waals surface area contributed by atoms with Crippen molar-refractivity contribution in [1.29, 1.82) is 0 Å². The van der Waals surface area contributed by atoms with Gasteiger partial charge in [-0.25, -0.2) is 9.59 Å². The highest BCUT2D eigenvalue weighted by atomic mass is 16.5. The molecule has 0 aliphatic heterocycles. The van der Waals surface area contributed by atoms with E-state index in [-0.39, 0.29) is 6.61 Å². The van der Waals surface area contributed by atoms with Crippen LogP contribution in [0.4, 0.5) is 4.79 Å². The Bertz CT molecular complexity index is 939. The van der Waals surface area contributed by atoms with Crippen LogP contribution in [0.15, 0.2) is 91.0 Å². The van der Waals surface area contributed by atoms with Crippen LogP contribution in [0.25, 0.3) is 0 Å². The second kappa shape index (κ2) is 13.0. The third-order valence-corrected chi connectivity index (χ3v) is 5.27. The molecule has 1 atom stereocenters. The summed E-state index contributed by atoms with van der Waals surface area (Å²) in [5.41, 5.74) is 3.24. The molecule has 1 amide bonds. The van der Waals surface area contributed by atoms with E-state index >= 15 is 0 Å². The number of carbonyl (C=O) groups excluding carboxylic acids is 1. The number of amides is 1. The fraction of sp³-hybridized carbons (Fsp3) is 0.259.